The van der Waals surface area contributed by atoms with Crippen molar-refractivity contribution in [2.24, 2.45) is 0 Å². The molecule has 4 rings (SSSR count). The van der Waals surface area contributed by atoms with Crippen molar-refractivity contribution in [1.29, 1.82) is 0 Å². The number of nitrogens with zero attached hydrogens (tertiary/aromatic N) is 3. The van der Waals surface area contributed by atoms with Gasteiger partial charge in [0.25, 0.3) is 11.5 Å². The molecule has 1 amide bonds. The van der Waals surface area contributed by atoms with Crippen LogP contribution in [0.3, 0.4) is 0 Å². The Balaban J connectivity index is 1.35. The van der Waals surface area contributed by atoms with Crippen LogP contribution in [0, 0.1) is 5.82 Å². The highest BCUT2D eigenvalue weighted by atomic mass is 19.1. The summed E-state index contributed by atoms with van der Waals surface area (Å²) in [5, 5.41) is 2.34. The lowest BCUT2D eigenvalue weighted by atomic mass is 10.1. The number of halogens is 1. The van der Waals surface area contributed by atoms with Crippen LogP contribution in [-0.4, -0.2) is 52.0 Å². The summed E-state index contributed by atoms with van der Waals surface area (Å²) in [7, 11) is 1.42. The number of likely N-dealkylation sites (tertiary alicyclic amines) is 1. The Labute approximate surface area is 172 Å². The molecule has 0 spiro atoms. The Kier molecular flexibility index (Phi) is 5.45. The zero-order chi connectivity index (χ0) is 21.3. The minimum absolute atomic E-state index is 0.0790. The van der Waals surface area contributed by atoms with Crippen LogP contribution in [0.25, 0.3) is 11.0 Å². The molecule has 0 radical (unpaired) electrons. The van der Waals surface area contributed by atoms with E-state index in [0.29, 0.717) is 31.8 Å². The van der Waals surface area contributed by atoms with Gasteiger partial charge in [0.2, 0.25) is 0 Å². The Morgan fingerprint density at radius 3 is 2.80 bits per heavy atom. The SMILES string of the molecule is CCc1cc2ncc(CN3CC(Oc4cnc(C(=O)NC)c(F)c4)C3)cc2[nH]c1=O. The fraction of sp³-hybridized carbons (Fsp3) is 0.333. The molecule has 8 nitrogen and oxygen atoms in total. The number of carbonyl (C=O) groups excluding carboxylic acids is 1. The van der Waals surface area contributed by atoms with Crippen molar-refractivity contribution in [3.63, 3.8) is 0 Å². The molecule has 3 aromatic rings. The van der Waals surface area contributed by atoms with Crippen molar-refractivity contribution in [1.82, 2.24) is 25.2 Å². The van der Waals surface area contributed by atoms with Gasteiger partial charge >= 0.3 is 0 Å². The maximum absolute atomic E-state index is 14.0. The first kappa shape index (κ1) is 20.0. The lowest BCUT2D eigenvalue weighted by Crippen LogP contribution is -2.53. The molecule has 1 fully saturated rings. The number of carbonyl (C=O) groups is 1. The number of amides is 1. The van der Waals surface area contributed by atoms with Crippen molar-refractivity contribution in [3.05, 3.63) is 63.6 Å². The molecular weight excluding hydrogens is 389 g/mol. The number of rotatable bonds is 6. The normalized spacial score (nSPS) is 14.5. The van der Waals surface area contributed by atoms with Crippen LogP contribution in [0.1, 0.15) is 28.5 Å². The Morgan fingerprint density at radius 1 is 1.30 bits per heavy atom. The smallest absolute Gasteiger partial charge is 0.272 e. The highest BCUT2D eigenvalue weighted by Gasteiger charge is 2.29. The largest absolute Gasteiger partial charge is 0.486 e. The van der Waals surface area contributed by atoms with Crippen LogP contribution in [0.4, 0.5) is 4.39 Å². The molecule has 2 N–H and O–H groups in total. The van der Waals surface area contributed by atoms with E-state index in [4.69, 9.17) is 4.74 Å². The summed E-state index contributed by atoms with van der Waals surface area (Å²) in [4.78, 5) is 36.9. The van der Waals surface area contributed by atoms with E-state index in [9.17, 15) is 14.0 Å². The van der Waals surface area contributed by atoms with Gasteiger partial charge in [-0.3, -0.25) is 19.5 Å². The molecule has 0 bridgehead atoms. The number of fused-ring (bicyclic) bond motifs is 1. The summed E-state index contributed by atoms with van der Waals surface area (Å²) in [5.41, 5.74) is 2.87. The average Bonchev–Trinajstić information content (AvgIpc) is 2.71. The maximum atomic E-state index is 14.0. The fourth-order valence-electron chi connectivity index (χ4n) is 3.46. The molecule has 0 aromatic carbocycles. The molecule has 1 saturated heterocycles. The summed E-state index contributed by atoms with van der Waals surface area (Å²) in [5.74, 6) is -1.00. The number of pyridine rings is 3. The fourth-order valence-corrected chi connectivity index (χ4v) is 3.46. The van der Waals surface area contributed by atoms with E-state index >= 15 is 0 Å². The molecule has 4 heterocycles. The number of H-pyrrole nitrogens is 1. The van der Waals surface area contributed by atoms with Gasteiger partial charge < -0.3 is 15.0 Å². The van der Waals surface area contributed by atoms with E-state index in [0.717, 1.165) is 22.2 Å². The number of hydrogen-bond donors (Lipinski definition) is 2. The third-order valence-electron chi connectivity index (χ3n) is 5.10. The predicted octanol–water partition coefficient (Wildman–Crippen LogP) is 1.64. The van der Waals surface area contributed by atoms with Gasteiger partial charge in [0.15, 0.2) is 11.5 Å². The first-order valence-electron chi connectivity index (χ1n) is 9.74. The minimum atomic E-state index is -0.717. The van der Waals surface area contributed by atoms with Crippen molar-refractivity contribution in [2.75, 3.05) is 20.1 Å². The average molecular weight is 411 g/mol. The van der Waals surface area contributed by atoms with E-state index in [2.05, 4.69) is 25.2 Å². The molecule has 156 valence electrons. The van der Waals surface area contributed by atoms with E-state index in [1.54, 1.807) is 0 Å². The molecule has 30 heavy (non-hydrogen) atoms. The molecule has 1 aliphatic heterocycles. The molecule has 0 atom stereocenters. The van der Waals surface area contributed by atoms with Crippen molar-refractivity contribution in [3.8, 4) is 5.75 Å². The van der Waals surface area contributed by atoms with Crippen LogP contribution in [0.2, 0.25) is 0 Å². The van der Waals surface area contributed by atoms with E-state index in [1.807, 2.05) is 25.3 Å². The monoisotopic (exact) mass is 411 g/mol. The number of aromatic amines is 1. The first-order chi connectivity index (χ1) is 14.5. The van der Waals surface area contributed by atoms with Gasteiger partial charge in [0, 0.05) is 44.5 Å². The second-order valence-corrected chi connectivity index (χ2v) is 7.27. The predicted molar refractivity (Wildman–Crippen MR) is 109 cm³/mol. The summed E-state index contributed by atoms with van der Waals surface area (Å²) < 4.78 is 19.7. The molecule has 3 aromatic heterocycles. The van der Waals surface area contributed by atoms with Crippen LogP contribution in [-0.2, 0) is 13.0 Å². The van der Waals surface area contributed by atoms with Crippen LogP contribution >= 0.6 is 0 Å². The molecule has 1 aliphatic rings. The maximum Gasteiger partial charge on any atom is 0.272 e. The third-order valence-corrected chi connectivity index (χ3v) is 5.10. The zero-order valence-corrected chi connectivity index (χ0v) is 16.7. The Bertz CT molecular complexity index is 1160. The van der Waals surface area contributed by atoms with Gasteiger partial charge in [-0.1, -0.05) is 6.92 Å². The molecule has 0 aliphatic carbocycles. The van der Waals surface area contributed by atoms with E-state index in [1.165, 1.54) is 19.3 Å². The second kappa shape index (κ2) is 8.19. The zero-order valence-electron chi connectivity index (χ0n) is 16.7. The third kappa shape index (κ3) is 4.02. The van der Waals surface area contributed by atoms with Crippen LogP contribution in [0.15, 0.2) is 35.4 Å². The van der Waals surface area contributed by atoms with Gasteiger partial charge in [0.05, 0.1) is 17.2 Å². The Hall–Kier alpha value is -3.33. The standard InChI is InChI=1S/C21H22FN5O3/c1-3-13-5-17-18(26-20(13)28)4-12(7-24-17)9-27-10-15(11-27)30-14-6-16(22)19(25-8-14)21(29)23-2/h4-8,15H,3,9-11H2,1-2H3,(H,23,29)(H,26,28). The van der Waals surface area contributed by atoms with E-state index in [-0.39, 0.29) is 17.4 Å². The van der Waals surface area contributed by atoms with Gasteiger partial charge in [-0.15, -0.1) is 0 Å². The van der Waals surface area contributed by atoms with Gasteiger partial charge in [-0.2, -0.15) is 0 Å². The second-order valence-electron chi connectivity index (χ2n) is 7.27. The van der Waals surface area contributed by atoms with Crippen molar-refractivity contribution in [2.45, 2.75) is 26.0 Å². The number of aromatic nitrogens is 3. The summed E-state index contributed by atoms with van der Waals surface area (Å²) in [6.45, 7) is 3.95. The van der Waals surface area contributed by atoms with Crippen LogP contribution in [0.5, 0.6) is 5.75 Å². The van der Waals surface area contributed by atoms with Gasteiger partial charge in [0.1, 0.15) is 11.9 Å². The Morgan fingerprint density at radius 2 is 2.10 bits per heavy atom. The van der Waals surface area contributed by atoms with Crippen molar-refractivity contribution >= 4 is 16.9 Å². The van der Waals surface area contributed by atoms with Gasteiger partial charge in [-0.05, 0) is 24.1 Å². The molecular formula is C21H22FN5O3. The topological polar surface area (TPSA) is 100 Å². The molecule has 9 heteroatoms. The first-order valence-corrected chi connectivity index (χ1v) is 9.74. The molecule has 0 unspecified atom stereocenters. The number of nitrogens with one attached hydrogen (secondary N) is 2. The summed E-state index contributed by atoms with van der Waals surface area (Å²) >= 11 is 0. The van der Waals surface area contributed by atoms with Crippen molar-refractivity contribution < 1.29 is 13.9 Å². The van der Waals surface area contributed by atoms with Gasteiger partial charge in [-0.25, -0.2) is 9.37 Å². The quantitative estimate of drug-likeness (QED) is 0.640. The number of ether oxygens (including phenoxy) is 1. The molecule has 0 saturated carbocycles. The van der Waals surface area contributed by atoms with E-state index < -0.39 is 11.7 Å². The number of hydrogen-bond acceptors (Lipinski definition) is 6. The summed E-state index contributed by atoms with van der Waals surface area (Å²) in [6.07, 6.45) is 3.74. The van der Waals surface area contributed by atoms with Crippen LogP contribution < -0.4 is 15.6 Å². The minimum Gasteiger partial charge on any atom is -0.486 e. The highest BCUT2D eigenvalue weighted by Crippen LogP contribution is 2.21. The summed E-state index contributed by atoms with van der Waals surface area (Å²) in [6, 6.07) is 4.94. The lowest BCUT2D eigenvalue weighted by Gasteiger charge is -2.38. The lowest BCUT2D eigenvalue weighted by molar-refractivity contribution is 0.0141. The number of aryl methyl sites for hydroxylation is 1. The highest BCUT2D eigenvalue weighted by molar-refractivity contribution is 5.92.